The number of amides is 1. The third-order valence-electron chi connectivity index (χ3n) is 3.79. The summed E-state index contributed by atoms with van der Waals surface area (Å²) in [5.41, 5.74) is 1.06. The minimum absolute atomic E-state index is 0.0342. The van der Waals surface area contributed by atoms with Crippen LogP contribution in [0.3, 0.4) is 0 Å². The molecule has 2 aromatic rings. The second kappa shape index (κ2) is 5.56. The largest absolute Gasteiger partial charge is 0.444 e. The van der Waals surface area contributed by atoms with Crippen molar-refractivity contribution in [2.75, 3.05) is 13.1 Å². The maximum atomic E-state index is 12.2. The van der Waals surface area contributed by atoms with E-state index >= 15 is 0 Å². The predicted octanol–water partition coefficient (Wildman–Crippen LogP) is 2.63. The van der Waals surface area contributed by atoms with Gasteiger partial charge in [0.05, 0.1) is 10.5 Å². The Morgan fingerprint density at radius 3 is 2.87 bits per heavy atom. The van der Waals surface area contributed by atoms with Gasteiger partial charge in [0, 0.05) is 30.8 Å². The average molecular weight is 339 g/mol. The summed E-state index contributed by atoms with van der Waals surface area (Å²) >= 11 is 6.29. The Kier molecular flexibility index (Phi) is 3.83. The van der Waals surface area contributed by atoms with Gasteiger partial charge in [0.25, 0.3) is 0 Å². The van der Waals surface area contributed by atoms with Gasteiger partial charge < -0.3 is 14.6 Å². The monoisotopic (exact) mass is 338 g/mol. The van der Waals surface area contributed by atoms with Crippen molar-refractivity contribution in [1.82, 2.24) is 19.9 Å². The molecule has 1 aliphatic heterocycles. The summed E-state index contributed by atoms with van der Waals surface area (Å²) in [6.07, 6.45) is 1.95. The first-order chi connectivity index (χ1) is 10.7. The van der Waals surface area contributed by atoms with Crippen LogP contribution in [0, 0.1) is 0 Å². The van der Waals surface area contributed by atoms with Crippen LogP contribution in [0.5, 0.6) is 0 Å². The van der Waals surface area contributed by atoms with Crippen LogP contribution in [0.1, 0.15) is 38.7 Å². The zero-order valence-electron chi connectivity index (χ0n) is 13.3. The van der Waals surface area contributed by atoms with Crippen LogP contribution < -0.4 is 5.69 Å². The van der Waals surface area contributed by atoms with E-state index in [2.05, 4.69) is 15.0 Å². The third kappa shape index (κ3) is 3.19. The molecule has 2 aromatic heterocycles. The number of halogens is 1. The molecule has 0 spiro atoms. The van der Waals surface area contributed by atoms with Crippen molar-refractivity contribution in [1.29, 1.82) is 0 Å². The van der Waals surface area contributed by atoms with Gasteiger partial charge in [0.15, 0.2) is 5.65 Å². The fraction of sp³-hybridized carbons (Fsp3) is 0.533. The number of pyridine rings is 1. The lowest BCUT2D eigenvalue weighted by atomic mass is 9.98. The molecular formula is C15H19ClN4O3. The fourth-order valence-corrected chi connectivity index (χ4v) is 3.16. The van der Waals surface area contributed by atoms with Crippen LogP contribution in [0.4, 0.5) is 4.79 Å². The van der Waals surface area contributed by atoms with E-state index in [1.165, 1.54) is 6.20 Å². The summed E-state index contributed by atoms with van der Waals surface area (Å²) in [7, 11) is 0. The molecule has 1 atom stereocenters. The van der Waals surface area contributed by atoms with Crippen molar-refractivity contribution in [2.24, 2.45) is 0 Å². The van der Waals surface area contributed by atoms with Crippen LogP contribution in [0.25, 0.3) is 11.2 Å². The van der Waals surface area contributed by atoms with Gasteiger partial charge in [-0.2, -0.15) is 0 Å². The second-order valence-corrected chi connectivity index (χ2v) is 7.14. The molecule has 1 amide bonds. The van der Waals surface area contributed by atoms with Crippen LogP contribution in [0.15, 0.2) is 11.0 Å². The molecule has 23 heavy (non-hydrogen) atoms. The van der Waals surface area contributed by atoms with E-state index in [9.17, 15) is 9.59 Å². The zero-order chi connectivity index (χ0) is 16.8. The number of nitrogens with zero attached hydrogens (tertiary/aromatic N) is 2. The maximum absolute atomic E-state index is 12.2. The molecule has 0 unspecified atom stereocenters. The van der Waals surface area contributed by atoms with Gasteiger partial charge >= 0.3 is 11.8 Å². The van der Waals surface area contributed by atoms with Crippen molar-refractivity contribution in [2.45, 2.75) is 38.7 Å². The van der Waals surface area contributed by atoms with Crippen LogP contribution in [-0.2, 0) is 4.74 Å². The molecule has 1 saturated heterocycles. The molecule has 0 radical (unpaired) electrons. The number of carbonyl (C=O) groups excluding carboxylic acids is 1. The Hall–Kier alpha value is -2.02. The van der Waals surface area contributed by atoms with E-state index in [0.717, 1.165) is 12.0 Å². The van der Waals surface area contributed by atoms with E-state index < -0.39 is 5.60 Å². The minimum Gasteiger partial charge on any atom is -0.444 e. The normalized spacial score (nSPS) is 18.6. The number of nitrogens with one attached hydrogen (secondary N) is 2. The Balaban J connectivity index is 1.86. The lowest BCUT2D eigenvalue weighted by Crippen LogP contribution is -2.35. The molecule has 1 fully saturated rings. The highest BCUT2D eigenvalue weighted by atomic mass is 35.5. The standard InChI is InChI=1S/C15H19ClN4O3/c1-15(2,3)23-14(22)20-5-4-8(7-20)10-9(16)6-17-12-11(10)18-13(21)19-12/h6,8H,4-5,7H2,1-3H3,(H2,17,18,19,21)/t8-/m0/s1. The van der Waals surface area contributed by atoms with Crippen molar-refractivity contribution in [3.63, 3.8) is 0 Å². The topological polar surface area (TPSA) is 91.1 Å². The van der Waals surface area contributed by atoms with Gasteiger partial charge in [0.2, 0.25) is 0 Å². The van der Waals surface area contributed by atoms with E-state index in [1.807, 2.05) is 20.8 Å². The number of fused-ring (bicyclic) bond motifs is 1. The Bertz CT molecular complexity index is 805. The molecule has 8 heteroatoms. The average Bonchev–Trinajstić information content (AvgIpc) is 3.02. The highest BCUT2D eigenvalue weighted by Gasteiger charge is 2.32. The molecular weight excluding hydrogens is 320 g/mol. The summed E-state index contributed by atoms with van der Waals surface area (Å²) in [6.45, 7) is 6.61. The second-order valence-electron chi connectivity index (χ2n) is 6.73. The van der Waals surface area contributed by atoms with E-state index in [0.29, 0.717) is 29.3 Å². The maximum Gasteiger partial charge on any atom is 0.410 e. The van der Waals surface area contributed by atoms with Gasteiger partial charge in [0.1, 0.15) is 5.60 Å². The van der Waals surface area contributed by atoms with Gasteiger partial charge in [-0.25, -0.2) is 14.6 Å². The zero-order valence-corrected chi connectivity index (χ0v) is 14.0. The van der Waals surface area contributed by atoms with Crippen molar-refractivity contribution >= 4 is 28.9 Å². The molecule has 0 aromatic carbocycles. The van der Waals surface area contributed by atoms with Crippen molar-refractivity contribution in [3.05, 3.63) is 27.3 Å². The van der Waals surface area contributed by atoms with Gasteiger partial charge in [-0.1, -0.05) is 11.6 Å². The first-order valence-corrected chi connectivity index (χ1v) is 7.87. The number of H-pyrrole nitrogens is 2. The Labute approximate surface area is 138 Å². The number of ether oxygens (including phenoxy) is 1. The molecule has 7 nitrogen and oxygen atoms in total. The van der Waals surface area contributed by atoms with E-state index in [4.69, 9.17) is 16.3 Å². The number of imidazole rings is 1. The number of carbonyl (C=O) groups is 1. The summed E-state index contributed by atoms with van der Waals surface area (Å²) in [6, 6.07) is 0. The van der Waals surface area contributed by atoms with E-state index in [-0.39, 0.29) is 17.7 Å². The molecule has 3 rings (SSSR count). The van der Waals surface area contributed by atoms with Crippen molar-refractivity contribution < 1.29 is 9.53 Å². The molecule has 1 aliphatic rings. The van der Waals surface area contributed by atoms with Gasteiger partial charge in [-0.15, -0.1) is 0 Å². The van der Waals surface area contributed by atoms with Crippen LogP contribution in [-0.4, -0.2) is 44.6 Å². The summed E-state index contributed by atoms with van der Waals surface area (Å²) < 4.78 is 5.41. The highest BCUT2D eigenvalue weighted by Crippen LogP contribution is 2.35. The number of likely N-dealkylation sites (tertiary alicyclic amines) is 1. The molecule has 0 saturated carbocycles. The number of rotatable bonds is 1. The van der Waals surface area contributed by atoms with Crippen molar-refractivity contribution in [3.8, 4) is 0 Å². The quantitative estimate of drug-likeness (QED) is 0.836. The van der Waals surface area contributed by atoms with Crippen LogP contribution in [0.2, 0.25) is 5.02 Å². The SMILES string of the molecule is CC(C)(C)OC(=O)N1CC[C@H](c2c(Cl)cnc3[nH]c(=O)[nH]c23)C1. The highest BCUT2D eigenvalue weighted by molar-refractivity contribution is 6.32. The summed E-state index contributed by atoms with van der Waals surface area (Å²) in [4.78, 5) is 34.8. The van der Waals surface area contributed by atoms with Gasteiger partial charge in [-0.3, -0.25) is 4.98 Å². The Morgan fingerprint density at radius 1 is 1.43 bits per heavy atom. The first kappa shape index (κ1) is 15.9. The third-order valence-corrected chi connectivity index (χ3v) is 4.09. The number of aromatic nitrogens is 3. The Morgan fingerprint density at radius 2 is 2.17 bits per heavy atom. The van der Waals surface area contributed by atoms with Crippen LogP contribution >= 0.6 is 11.6 Å². The first-order valence-electron chi connectivity index (χ1n) is 7.49. The number of hydrogen-bond acceptors (Lipinski definition) is 4. The summed E-state index contributed by atoms with van der Waals surface area (Å²) in [5.74, 6) is 0.0342. The minimum atomic E-state index is -0.525. The molecule has 0 aliphatic carbocycles. The van der Waals surface area contributed by atoms with Gasteiger partial charge in [-0.05, 0) is 27.2 Å². The molecule has 0 bridgehead atoms. The number of aromatic amines is 2. The predicted molar refractivity (Wildman–Crippen MR) is 86.9 cm³/mol. The number of hydrogen-bond donors (Lipinski definition) is 2. The lowest BCUT2D eigenvalue weighted by molar-refractivity contribution is 0.0292. The molecule has 2 N–H and O–H groups in total. The lowest BCUT2D eigenvalue weighted by Gasteiger charge is -2.24. The van der Waals surface area contributed by atoms with E-state index in [1.54, 1.807) is 4.90 Å². The molecule has 3 heterocycles. The molecule has 124 valence electrons. The fourth-order valence-electron chi connectivity index (χ4n) is 2.86. The summed E-state index contributed by atoms with van der Waals surface area (Å²) in [5, 5.41) is 0.490. The smallest absolute Gasteiger partial charge is 0.410 e.